The highest BCUT2D eigenvalue weighted by Gasteiger charge is 2.37. The maximum Gasteiger partial charge on any atom is 0.0462 e. The molecule has 3 heteroatoms. The summed E-state index contributed by atoms with van der Waals surface area (Å²) in [6, 6.07) is 1.53. The van der Waals surface area contributed by atoms with Gasteiger partial charge in [0.25, 0.3) is 0 Å². The molecule has 2 rings (SSSR count). The third kappa shape index (κ3) is 3.94. The third-order valence-corrected chi connectivity index (χ3v) is 4.24. The van der Waals surface area contributed by atoms with Gasteiger partial charge in [-0.3, -0.25) is 4.90 Å². The van der Waals surface area contributed by atoms with Crippen LogP contribution in [0.1, 0.15) is 39.0 Å². The smallest absolute Gasteiger partial charge is 0.0462 e. The Morgan fingerprint density at radius 3 is 2.76 bits per heavy atom. The summed E-state index contributed by atoms with van der Waals surface area (Å²) in [5.41, 5.74) is 0. The van der Waals surface area contributed by atoms with Crippen molar-refractivity contribution in [1.82, 2.24) is 10.2 Å². The van der Waals surface area contributed by atoms with Crippen LogP contribution in [0.25, 0.3) is 0 Å². The molecule has 2 atom stereocenters. The first-order valence-corrected chi connectivity index (χ1v) is 7.31. The molecule has 2 aliphatic rings. The van der Waals surface area contributed by atoms with E-state index >= 15 is 0 Å². The molecule has 100 valence electrons. The summed E-state index contributed by atoms with van der Waals surface area (Å²) in [5, 5.41) is 3.71. The molecule has 2 fully saturated rings. The first kappa shape index (κ1) is 13.3. The van der Waals surface area contributed by atoms with E-state index < -0.39 is 0 Å². The first-order chi connectivity index (χ1) is 8.35. The molecule has 0 aromatic rings. The minimum absolute atomic E-state index is 0.715. The van der Waals surface area contributed by atoms with Crippen LogP contribution in [0.3, 0.4) is 0 Å². The summed E-state index contributed by atoms with van der Waals surface area (Å²) >= 11 is 0. The van der Waals surface area contributed by atoms with Gasteiger partial charge < -0.3 is 10.1 Å². The summed E-state index contributed by atoms with van der Waals surface area (Å²) in [4.78, 5) is 2.75. The number of hydrogen-bond acceptors (Lipinski definition) is 3. The fraction of sp³-hybridized carbons (Fsp3) is 1.00. The molecule has 3 nitrogen and oxygen atoms in total. The Balaban J connectivity index is 1.76. The number of hydrogen-bond donors (Lipinski definition) is 1. The molecule has 0 aromatic heterocycles. The standard InChI is InChI=1S/C14H28N2O/c1-3-13-11-16(8-4-5-9-17-2)14(10-15-13)12-6-7-12/h12-15H,3-11H2,1-2H3. The van der Waals surface area contributed by atoms with Crippen LogP contribution in [0, 0.1) is 5.92 Å². The van der Waals surface area contributed by atoms with E-state index in [-0.39, 0.29) is 0 Å². The normalized spacial score (nSPS) is 30.7. The molecule has 0 bridgehead atoms. The van der Waals surface area contributed by atoms with Gasteiger partial charge in [0.1, 0.15) is 0 Å². The van der Waals surface area contributed by atoms with Crippen LogP contribution in [0.4, 0.5) is 0 Å². The fourth-order valence-electron chi connectivity index (χ4n) is 2.94. The second kappa shape index (κ2) is 6.72. The summed E-state index contributed by atoms with van der Waals surface area (Å²) in [6.07, 6.45) is 6.66. The molecule has 1 aliphatic heterocycles. The van der Waals surface area contributed by atoms with E-state index in [9.17, 15) is 0 Å². The van der Waals surface area contributed by atoms with Crippen molar-refractivity contribution < 1.29 is 4.74 Å². The Hall–Kier alpha value is -0.120. The van der Waals surface area contributed by atoms with Crippen LogP contribution in [0.5, 0.6) is 0 Å². The van der Waals surface area contributed by atoms with Crippen molar-refractivity contribution in [3.63, 3.8) is 0 Å². The van der Waals surface area contributed by atoms with Crippen molar-refractivity contribution in [2.45, 2.75) is 51.1 Å². The number of unbranched alkanes of at least 4 members (excludes halogenated alkanes) is 1. The highest BCUT2D eigenvalue weighted by molar-refractivity contribution is 4.94. The molecule has 1 heterocycles. The van der Waals surface area contributed by atoms with Crippen molar-refractivity contribution in [3.8, 4) is 0 Å². The lowest BCUT2D eigenvalue weighted by Gasteiger charge is -2.40. The van der Waals surface area contributed by atoms with Gasteiger partial charge in [-0.1, -0.05) is 6.92 Å². The van der Waals surface area contributed by atoms with E-state index in [1.54, 1.807) is 7.11 Å². The molecule has 2 unspecified atom stereocenters. The predicted octanol–water partition coefficient (Wildman–Crippen LogP) is 1.88. The summed E-state index contributed by atoms with van der Waals surface area (Å²) in [7, 11) is 1.80. The Labute approximate surface area is 106 Å². The van der Waals surface area contributed by atoms with E-state index in [0.717, 1.165) is 18.6 Å². The highest BCUT2D eigenvalue weighted by atomic mass is 16.5. The summed E-state index contributed by atoms with van der Waals surface area (Å²) in [5.74, 6) is 0.989. The maximum atomic E-state index is 5.13. The number of rotatable bonds is 7. The molecule has 0 aromatic carbocycles. The van der Waals surface area contributed by atoms with Crippen LogP contribution in [0.15, 0.2) is 0 Å². The van der Waals surface area contributed by atoms with Gasteiger partial charge in [-0.15, -0.1) is 0 Å². The van der Waals surface area contributed by atoms with Gasteiger partial charge in [0.2, 0.25) is 0 Å². The van der Waals surface area contributed by atoms with Gasteiger partial charge in [0, 0.05) is 38.9 Å². The van der Waals surface area contributed by atoms with Gasteiger partial charge in [-0.05, 0) is 44.6 Å². The molecule has 1 N–H and O–H groups in total. The van der Waals surface area contributed by atoms with E-state index in [2.05, 4.69) is 17.1 Å². The summed E-state index contributed by atoms with van der Waals surface area (Å²) in [6.45, 7) is 6.94. The van der Waals surface area contributed by atoms with Crippen molar-refractivity contribution >= 4 is 0 Å². The van der Waals surface area contributed by atoms with Gasteiger partial charge in [-0.25, -0.2) is 0 Å². The highest BCUT2D eigenvalue weighted by Crippen LogP contribution is 2.36. The van der Waals surface area contributed by atoms with Crippen molar-refractivity contribution in [2.75, 3.05) is 33.4 Å². The lowest BCUT2D eigenvalue weighted by molar-refractivity contribution is 0.106. The quantitative estimate of drug-likeness (QED) is 0.688. The van der Waals surface area contributed by atoms with Gasteiger partial charge in [-0.2, -0.15) is 0 Å². The van der Waals surface area contributed by atoms with Crippen molar-refractivity contribution in [1.29, 1.82) is 0 Å². The third-order valence-electron chi connectivity index (χ3n) is 4.24. The van der Waals surface area contributed by atoms with Crippen molar-refractivity contribution in [3.05, 3.63) is 0 Å². The topological polar surface area (TPSA) is 24.5 Å². The Bertz CT molecular complexity index is 218. The minimum atomic E-state index is 0.715. The number of ether oxygens (including phenoxy) is 1. The largest absolute Gasteiger partial charge is 0.385 e. The van der Waals surface area contributed by atoms with E-state index in [1.165, 1.54) is 51.7 Å². The average Bonchev–Trinajstić information content (AvgIpc) is 3.18. The number of piperazine rings is 1. The SMILES string of the molecule is CCC1CN(CCCCOC)C(C2CC2)CN1. The molecule has 1 aliphatic carbocycles. The molecule has 17 heavy (non-hydrogen) atoms. The number of nitrogens with zero attached hydrogens (tertiary/aromatic N) is 1. The lowest BCUT2D eigenvalue weighted by Crippen LogP contribution is -2.57. The van der Waals surface area contributed by atoms with Gasteiger partial charge >= 0.3 is 0 Å². The fourth-order valence-corrected chi connectivity index (χ4v) is 2.94. The summed E-state index contributed by atoms with van der Waals surface area (Å²) < 4.78 is 5.13. The predicted molar refractivity (Wildman–Crippen MR) is 71.3 cm³/mol. The minimum Gasteiger partial charge on any atom is -0.385 e. The Morgan fingerprint density at radius 2 is 2.12 bits per heavy atom. The second-order valence-electron chi connectivity index (χ2n) is 5.61. The van der Waals surface area contributed by atoms with Crippen LogP contribution in [0.2, 0.25) is 0 Å². The maximum absolute atomic E-state index is 5.13. The monoisotopic (exact) mass is 240 g/mol. The zero-order chi connectivity index (χ0) is 12.1. The second-order valence-corrected chi connectivity index (χ2v) is 5.61. The Morgan fingerprint density at radius 1 is 1.29 bits per heavy atom. The number of methoxy groups -OCH3 is 1. The van der Waals surface area contributed by atoms with Gasteiger partial charge in [0.05, 0.1) is 0 Å². The van der Waals surface area contributed by atoms with Gasteiger partial charge in [0.15, 0.2) is 0 Å². The van der Waals surface area contributed by atoms with E-state index in [0.29, 0.717) is 6.04 Å². The van der Waals surface area contributed by atoms with Crippen LogP contribution in [-0.2, 0) is 4.74 Å². The molecular weight excluding hydrogens is 212 g/mol. The van der Waals surface area contributed by atoms with Crippen LogP contribution in [-0.4, -0.2) is 50.3 Å². The number of nitrogens with one attached hydrogen (secondary N) is 1. The zero-order valence-electron chi connectivity index (χ0n) is 11.5. The van der Waals surface area contributed by atoms with Crippen molar-refractivity contribution in [2.24, 2.45) is 5.92 Å². The molecule has 0 radical (unpaired) electrons. The molecule has 1 saturated carbocycles. The van der Waals surface area contributed by atoms with E-state index in [4.69, 9.17) is 4.74 Å². The molecule has 0 spiro atoms. The van der Waals surface area contributed by atoms with E-state index in [1.807, 2.05) is 0 Å². The average molecular weight is 240 g/mol. The zero-order valence-corrected chi connectivity index (χ0v) is 11.5. The molecule has 1 saturated heterocycles. The Kier molecular flexibility index (Phi) is 5.26. The lowest BCUT2D eigenvalue weighted by atomic mass is 10.0. The van der Waals surface area contributed by atoms with Crippen LogP contribution >= 0.6 is 0 Å². The first-order valence-electron chi connectivity index (χ1n) is 7.31. The van der Waals surface area contributed by atoms with Crippen LogP contribution < -0.4 is 5.32 Å². The molecule has 0 amide bonds. The molecular formula is C14H28N2O.